The first-order chi connectivity index (χ1) is 17.9. The smallest absolute Gasteiger partial charge is 0.391 e. The van der Waals surface area contributed by atoms with Gasteiger partial charge < -0.3 is 31.8 Å². The number of hydrogen-bond acceptors (Lipinski definition) is 8. The summed E-state index contributed by atoms with van der Waals surface area (Å²) in [6.45, 7) is 2.02. The van der Waals surface area contributed by atoms with Crippen LogP contribution in [0.2, 0.25) is 0 Å². The van der Waals surface area contributed by atoms with Crippen molar-refractivity contribution in [3.63, 3.8) is 0 Å². The SMILES string of the molecule is Cc1ccccc1C1(C(CC(=O)NCCON=C(N)N)Nc2nccn(OC(=O)C(F)(F)F)c2=O)CCC1. The molecular formula is C23H28F3N7O5. The van der Waals surface area contributed by atoms with Gasteiger partial charge in [0.2, 0.25) is 11.9 Å². The van der Waals surface area contributed by atoms with Gasteiger partial charge in [0, 0.05) is 24.1 Å². The summed E-state index contributed by atoms with van der Waals surface area (Å²) in [5.41, 5.74) is 10.6. The average Bonchev–Trinajstić information content (AvgIpc) is 2.81. The van der Waals surface area contributed by atoms with Crippen molar-refractivity contribution in [3.8, 4) is 0 Å². The number of halogens is 3. The molecule has 1 aliphatic rings. The van der Waals surface area contributed by atoms with Crippen LogP contribution in [0.4, 0.5) is 19.0 Å². The third kappa shape index (κ3) is 6.72. The number of rotatable bonds is 11. The summed E-state index contributed by atoms with van der Waals surface area (Å²) >= 11 is 0. The topological polar surface area (TPSA) is 176 Å². The third-order valence-corrected chi connectivity index (χ3v) is 6.20. The van der Waals surface area contributed by atoms with E-state index in [2.05, 4.69) is 25.6 Å². The molecule has 1 unspecified atom stereocenters. The van der Waals surface area contributed by atoms with Gasteiger partial charge in [0.25, 0.3) is 0 Å². The second-order valence-corrected chi connectivity index (χ2v) is 8.71. The lowest BCUT2D eigenvalue weighted by Gasteiger charge is -2.49. The molecule has 0 spiro atoms. The molecule has 6 N–H and O–H groups in total. The first kappa shape index (κ1) is 28.3. The van der Waals surface area contributed by atoms with Crippen LogP contribution in [0.5, 0.6) is 0 Å². The van der Waals surface area contributed by atoms with Crippen LogP contribution < -0.4 is 32.5 Å². The molecule has 1 fully saturated rings. The highest BCUT2D eigenvalue weighted by molar-refractivity contribution is 5.77. The summed E-state index contributed by atoms with van der Waals surface area (Å²) in [5, 5.41) is 8.99. The van der Waals surface area contributed by atoms with Gasteiger partial charge in [-0.25, -0.2) is 9.78 Å². The summed E-state index contributed by atoms with van der Waals surface area (Å²) in [7, 11) is 0. The molecule has 0 saturated heterocycles. The Bertz CT molecular complexity index is 1240. The molecule has 1 atom stereocenters. The number of nitrogens with one attached hydrogen (secondary N) is 2. The molecule has 1 aliphatic carbocycles. The Hall–Kier alpha value is -4.30. The molecule has 1 aromatic heterocycles. The van der Waals surface area contributed by atoms with E-state index in [4.69, 9.17) is 16.3 Å². The largest absolute Gasteiger partial charge is 0.493 e. The zero-order chi connectivity index (χ0) is 27.9. The second-order valence-electron chi connectivity index (χ2n) is 8.71. The number of aryl methyl sites for hydroxylation is 1. The Morgan fingerprint density at radius 1 is 1.26 bits per heavy atom. The Kier molecular flexibility index (Phi) is 8.80. The molecule has 0 aliphatic heterocycles. The van der Waals surface area contributed by atoms with Gasteiger partial charge in [-0.1, -0.05) is 30.7 Å². The van der Waals surface area contributed by atoms with Crippen molar-refractivity contribution in [2.75, 3.05) is 18.5 Å². The summed E-state index contributed by atoms with van der Waals surface area (Å²) in [6, 6.07) is 6.92. The lowest BCUT2D eigenvalue weighted by molar-refractivity contribution is -0.200. The van der Waals surface area contributed by atoms with Crippen molar-refractivity contribution in [1.82, 2.24) is 15.0 Å². The second kappa shape index (κ2) is 11.8. The fourth-order valence-corrected chi connectivity index (χ4v) is 4.37. The first-order valence-corrected chi connectivity index (χ1v) is 11.6. The van der Waals surface area contributed by atoms with Crippen molar-refractivity contribution in [3.05, 3.63) is 58.1 Å². The molecule has 2 aromatic rings. The Labute approximate surface area is 215 Å². The lowest BCUT2D eigenvalue weighted by Crippen LogP contribution is -2.53. The van der Waals surface area contributed by atoms with Crippen LogP contribution in [0.25, 0.3) is 0 Å². The highest BCUT2D eigenvalue weighted by Crippen LogP contribution is 2.49. The van der Waals surface area contributed by atoms with Gasteiger partial charge in [-0.15, -0.1) is 4.73 Å². The zero-order valence-corrected chi connectivity index (χ0v) is 20.5. The Balaban J connectivity index is 1.88. The molecule has 12 nitrogen and oxygen atoms in total. The number of benzene rings is 1. The highest BCUT2D eigenvalue weighted by atomic mass is 19.4. The maximum atomic E-state index is 12.9. The Morgan fingerprint density at radius 3 is 2.58 bits per heavy atom. The molecule has 206 valence electrons. The van der Waals surface area contributed by atoms with Crippen LogP contribution in [0, 0.1) is 6.92 Å². The predicted octanol–water partition coefficient (Wildman–Crippen LogP) is 0.683. The van der Waals surface area contributed by atoms with Gasteiger partial charge in [-0.3, -0.25) is 9.59 Å². The van der Waals surface area contributed by atoms with Crippen LogP contribution in [0.1, 0.15) is 36.8 Å². The highest BCUT2D eigenvalue weighted by Gasteiger charge is 2.47. The van der Waals surface area contributed by atoms with E-state index in [9.17, 15) is 27.6 Å². The number of anilines is 1. The van der Waals surface area contributed by atoms with Gasteiger partial charge in [0.15, 0.2) is 5.82 Å². The standard InChI is InChI=1S/C23H28F3N7O5/c1-14-5-2-3-6-15(14)22(7-4-8-22)16(13-17(34)29-10-12-37-32-21(27)28)31-18-19(35)33(11-9-30-18)38-20(36)23(24,25)26/h2-3,5-6,9,11,16H,4,7-8,10,12-13H2,1H3,(H,29,34)(H,30,31)(H4,27,28,32). The van der Waals surface area contributed by atoms with Crippen LogP contribution in [-0.4, -0.2) is 52.9 Å². The van der Waals surface area contributed by atoms with Gasteiger partial charge in [0.05, 0.1) is 12.7 Å². The number of nitrogens with two attached hydrogens (primary N) is 2. The van der Waals surface area contributed by atoms with E-state index in [0.717, 1.165) is 29.9 Å². The maximum Gasteiger partial charge on any atom is 0.493 e. The van der Waals surface area contributed by atoms with Crippen LogP contribution >= 0.6 is 0 Å². The van der Waals surface area contributed by atoms with E-state index < -0.39 is 35.1 Å². The van der Waals surface area contributed by atoms with Crippen LogP contribution in [0.15, 0.2) is 46.6 Å². The molecular weight excluding hydrogens is 511 g/mol. The third-order valence-electron chi connectivity index (χ3n) is 6.20. The first-order valence-electron chi connectivity index (χ1n) is 11.6. The number of aromatic nitrogens is 2. The van der Waals surface area contributed by atoms with Crippen molar-refractivity contribution >= 4 is 23.7 Å². The molecule has 1 aromatic carbocycles. The number of amides is 1. The minimum absolute atomic E-state index is 0.000192. The molecule has 0 radical (unpaired) electrons. The van der Waals surface area contributed by atoms with E-state index >= 15 is 0 Å². The molecule has 1 saturated carbocycles. The van der Waals surface area contributed by atoms with E-state index in [0.29, 0.717) is 12.8 Å². The van der Waals surface area contributed by atoms with Crippen molar-refractivity contribution < 1.29 is 32.4 Å². The quantitative estimate of drug-likeness (QED) is 0.138. The molecule has 38 heavy (non-hydrogen) atoms. The predicted molar refractivity (Wildman–Crippen MR) is 130 cm³/mol. The molecule has 1 heterocycles. The number of carbonyl (C=O) groups excluding carboxylic acids is 2. The molecule has 3 rings (SSSR count). The van der Waals surface area contributed by atoms with Crippen LogP contribution in [-0.2, 0) is 19.8 Å². The van der Waals surface area contributed by atoms with E-state index in [1.165, 1.54) is 0 Å². The van der Waals surface area contributed by atoms with Gasteiger partial charge >= 0.3 is 17.7 Å². The minimum atomic E-state index is -5.30. The van der Waals surface area contributed by atoms with Gasteiger partial charge in [-0.2, -0.15) is 13.2 Å². The summed E-state index contributed by atoms with van der Waals surface area (Å²) in [5.74, 6) is -3.61. The molecule has 0 bridgehead atoms. The maximum absolute atomic E-state index is 12.9. The van der Waals surface area contributed by atoms with Gasteiger partial charge in [-0.05, 0) is 36.0 Å². The number of hydrogen-bond donors (Lipinski definition) is 4. The zero-order valence-electron chi connectivity index (χ0n) is 20.5. The molecule has 1 amide bonds. The van der Waals surface area contributed by atoms with E-state index in [1.807, 2.05) is 31.2 Å². The fourth-order valence-electron chi connectivity index (χ4n) is 4.37. The van der Waals surface area contributed by atoms with Crippen molar-refractivity contribution in [2.45, 2.75) is 50.2 Å². The lowest BCUT2D eigenvalue weighted by atomic mass is 9.58. The number of carbonyl (C=O) groups is 2. The number of guanidine groups is 1. The van der Waals surface area contributed by atoms with E-state index in [-0.39, 0.29) is 36.1 Å². The average molecular weight is 540 g/mol. The van der Waals surface area contributed by atoms with Crippen molar-refractivity contribution in [1.29, 1.82) is 0 Å². The summed E-state index contributed by atoms with van der Waals surface area (Å²) < 4.78 is 38.1. The summed E-state index contributed by atoms with van der Waals surface area (Å²) in [4.78, 5) is 49.9. The van der Waals surface area contributed by atoms with Gasteiger partial charge in [0.1, 0.15) is 6.61 Å². The Morgan fingerprint density at radius 2 is 1.97 bits per heavy atom. The summed E-state index contributed by atoms with van der Waals surface area (Å²) in [6.07, 6.45) is -1.41. The fraction of sp³-hybridized carbons (Fsp3) is 0.435. The number of oxime groups is 1. The monoisotopic (exact) mass is 539 g/mol. The molecule has 15 heteroatoms. The number of alkyl halides is 3. The van der Waals surface area contributed by atoms with Crippen molar-refractivity contribution in [2.24, 2.45) is 16.6 Å². The normalized spacial score (nSPS) is 14.9. The van der Waals surface area contributed by atoms with Crippen LogP contribution in [0.3, 0.4) is 0 Å². The van der Waals surface area contributed by atoms with E-state index in [1.54, 1.807) is 0 Å². The number of nitrogens with zero attached hydrogens (tertiary/aromatic N) is 3. The minimum Gasteiger partial charge on any atom is -0.391 e.